The van der Waals surface area contributed by atoms with Crippen LogP contribution in [0.15, 0.2) is 94.9 Å². The van der Waals surface area contributed by atoms with E-state index in [1.165, 1.54) is 35.8 Å². The molecule has 5 aromatic rings. The number of amides is 1. The molecule has 0 aliphatic heterocycles. The molecule has 212 valence electrons. The first-order chi connectivity index (χ1) is 20.5. The number of methoxy groups -OCH3 is 1. The van der Waals surface area contributed by atoms with Gasteiger partial charge in [0.15, 0.2) is 5.16 Å². The normalized spacial score (nSPS) is 14.4. The Hall–Kier alpha value is -4.21. The quantitative estimate of drug-likeness (QED) is 0.123. The van der Waals surface area contributed by atoms with Crippen LogP contribution in [0.1, 0.15) is 45.1 Å². The fourth-order valence-electron chi connectivity index (χ4n) is 5.44. The predicted octanol–water partition coefficient (Wildman–Crippen LogP) is 6.63. The SMILES string of the molecule is COC(=O)c1c(NC(=O)CCSc2nc3ccccc3c(=O)n2-c2ccccc2)sc2c1CCC(c1ccccc1)C2. The second kappa shape index (κ2) is 12.3. The van der Waals surface area contributed by atoms with Crippen LogP contribution >= 0.6 is 23.1 Å². The number of anilines is 1. The van der Waals surface area contributed by atoms with Crippen LogP contribution in [-0.2, 0) is 22.4 Å². The van der Waals surface area contributed by atoms with Gasteiger partial charge in [-0.15, -0.1) is 11.3 Å². The number of carbonyl (C=O) groups is 2. The highest BCUT2D eigenvalue weighted by atomic mass is 32.2. The summed E-state index contributed by atoms with van der Waals surface area (Å²) >= 11 is 2.82. The van der Waals surface area contributed by atoms with Crippen LogP contribution in [0.25, 0.3) is 16.6 Å². The van der Waals surface area contributed by atoms with Crippen molar-refractivity contribution in [2.24, 2.45) is 0 Å². The zero-order valence-corrected chi connectivity index (χ0v) is 24.7. The van der Waals surface area contributed by atoms with Gasteiger partial charge >= 0.3 is 5.97 Å². The Morgan fingerprint density at radius 1 is 1.02 bits per heavy atom. The van der Waals surface area contributed by atoms with E-state index in [2.05, 4.69) is 29.6 Å². The van der Waals surface area contributed by atoms with E-state index in [4.69, 9.17) is 9.72 Å². The van der Waals surface area contributed by atoms with Crippen molar-refractivity contribution >= 4 is 50.9 Å². The lowest BCUT2D eigenvalue weighted by Crippen LogP contribution is -2.22. The van der Waals surface area contributed by atoms with Crippen LogP contribution in [0.3, 0.4) is 0 Å². The second-order valence-corrected chi connectivity index (χ2v) is 12.3. The standard InChI is InChI=1S/C33H29N3O4S2/c1-40-32(39)29-25-17-16-22(21-10-4-2-5-11-21)20-27(25)42-30(29)35-28(37)18-19-41-33-34-26-15-9-8-14-24(26)31(38)36(33)23-12-6-3-7-13-23/h2-15,22H,16-20H2,1H3,(H,35,37). The molecule has 6 rings (SSSR count). The minimum atomic E-state index is -0.428. The Morgan fingerprint density at radius 3 is 2.50 bits per heavy atom. The number of thiophene rings is 1. The molecule has 1 aliphatic rings. The molecule has 2 heterocycles. The number of ether oxygens (including phenoxy) is 1. The van der Waals surface area contributed by atoms with Crippen LogP contribution in [0.5, 0.6) is 0 Å². The maximum atomic E-state index is 13.4. The molecule has 1 atom stereocenters. The first-order valence-electron chi connectivity index (χ1n) is 13.8. The van der Waals surface area contributed by atoms with E-state index in [1.807, 2.05) is 54.6 Å². The molecule has 0 spiro atoms. The van der Waals surface area contributed by atoms with Gasteiger partial charge < -0.3 is 10.1 Å². The number of fused-ring (bicyclic) bond motifs is 2. The summed E-state index contributed by atoms with van der Waals surface area (Å²) in [5.41, 5.74) is 3.92. The lowest BCUT2D eigenvalue weighted by atomic mass is 9.83. The summed E-state index contributed by atoms with van der Waals surface area (Å²) in [6, 6.07) is 27.0. The van der Waals surface area contributed by atoms with Crippen molar-refractivity contribution in [3.8, 4) is 5.69 Å². The van der Waals surface area contributed by atoms with Crippen LogP contribution < -0.4 is 10.9 Å². The molecule has 3 aromatic carbocycles. The topological polar surface area (TPSA) is 90.3 Å². The highest BCUT2D eigenvalue weighted by Crippen LogP contribution is 2.42. The number of nitrogens with zero attached hydrogens (tertiary/aromatic N) is 2. The van der Waals surface area contributed by atoms with E-state index in [0.717, 1.165) is 29.7 Å². The van der Waals surface area contributed by atoms with Crippen LogP contribution in [0, 0.1) is 0 Å². The summed E-state index contributed by atoms with van der Waals surface area (Å²) in [4.78, 5) is 45.2. The van der Waals surface area contributed by atoms with Crippen molar-refractivity contribution in [1.29, 1.82) is 0 Å². The lowest BCUT2D eigenvalue weighted by Gasteiger charge is -2.22. The van der Waals surface area contributed by atoms with Gasteiger partial charge in [0, 0.05) is 17.1 Å². The zero-order valence-electron chi connectivity index (χ0n) is 23.0. The molecule has 1 aliphatic carbocycles. The van der Waals surface area contributed by atoms with Gasteiger partial charge in [0.2, 0.25) is 5.91 Å². The van der Waals surface area contributed by atoms with E-state index in [-0.39, 0.29) is 17.9 Å². The third-order valence-electron chi connectivity index (χ3n) is 7.50. The maximum Gasteiger partial charge on any atom is 0.341 e. The predicted molar refractivity (Wildman–Crippen MR) is 168 cm³/mol. The van der Waals surface area contributed by atoms with Crippen LogP contribution in [-0.4, -0.2) is 34.3 Å². The Bertz CT molecular complexity index is 1820. The fourth-order valence-corrected chi connectivity index (χ4v) is 7.72. The molecule has 1 amide bonds. The number of carbonyl (C=O) groups excluding carboxylic acids is 2. The van der Waals surface area contributed by atoms with Crippen molar-refractivity contribution < 1.29 is 14.3 Å². The van der Waals surface area contributed by atoms with Crippen molar-refractivity contribution in [3.05, 3.63) is 117 Å². The number of thioether (sulfide) groups is 1. The summed E-state index contributed by atoms with van der Waals surface area (Å²) in [7, 11) is 1.37. The number of hydrogen-bond donors (Lipinski definition) is 1. The average Bonchev–Trinajstić information content (AvgIpc) is 3.38. The molecule has 2 aromatic heterocycles. The average molecular weight is 596 g/mol. The van der Waals surface area contributed by atoms with Crippen molar-refractivity contribution in [3.63, 3.8) is 0 Å². The van der Waals surface area contributed by atoms with Crippen molar-refractivity contribution in [2.75, 3.05) is 18.2 Å². The highest BCUT2D eigenvalue weighted by Gasteiger charge is 2.30. The molecule has 7 nitrogen and oxygen atoms in total. The molecule has 0 saturated heterocycles. The Morgan fingerprint density at radius 2 is 1.74 bits per heavy atom. The molecule has 0 radical (unpaired) electrons. The smallest absolute Gasteiger partial charge is 0.341 e. The first-order valence-corrected chi connectivity index (χ1v) is 15.6. The molecular weight excluding hydrogens is 567 g/mol. The van der Waals surface area contributed by atoms with Crippen molar-refractivity contribution in [2.45, 2.75) is 36.8 Å². The fraction of sp³-hybridized carbons (Fsp3) is 0.212. The van der Waals surface area contributed by atoms with Crippen LogP contribution in [0.2, 0.25) is 0 Å². The number of aromatic nitrogens is 2. The third kappa shape index (κ3) is 5.62. The van der Waals surface area contributed by atoms with Crippen LogP contribution in [0.4, 0.5) is 5.00 Å². The molecule has 0 fully saturated rings. The molecule has 42 heavy (non-hydrogen) atoms. The minimum absolute atomic E-state index is 0.153. The summed E-state index contributed by atoms with van der Waals surface area (Å²) in [5.74, 6) is 0.139. The van der Waals surface area contributed by atoms with Gasteiger partial charge in [-0.3, -0.25) is 14.2 Å². The van der Waals surface area contributed by atoms with Gasteiger partial charge in [0.1, 0.15) is 5.00 Å². The third-order valence-corrected chi connectivity index (χ3v) is 9.61. The van der Waals surface area contributed by atoms with E-state index >= 15 is 0 Å². The lowest BCUT2D eigenvalue weighted by molar-refractivity contribution is -0.115. The van der Waals surface area contributed by atoms with E-state index in [0.29, 0.717) is 44.0 Å². The van der Waals surface area contributed by atoms with Gasteiger partial charge in [-0.1, -0.05) is 72.4 Å². The first kappa shape index (κ1) is 27.9. The van der Waals surface area contributed by atoms with E-state index in [1.54, 1.807) is 10.6 Å². The van der Waals surface area contributed by atoms with Gasteiger partial charge in [-0.05, 0) is 60.6 Å². The molecule has 9 heteroatoms. The number of para-hydroxylation sites is 2. The van der Waals surface area contributed by atoms with Gasteiger partial charge in [0.05, 0.1) is 29.3 Å². The number of nitrogens with one attached hydrogen (secondary N) is 1. The maximum absolute atomic E-state index is 13.4. The van der Waals surface area contributed by atoms with Gasteiger partial charge in [-0.25, -0.2) is 9.78 Å². The molecular formula is C33H29N3O4S2. The molecule has 1 N–H and O–H groups in total. The Balaban J connectivity index is 1.20. The largest absolute Gasteiger partial charge is 0.465 e. The van der Waals surface area contributed by atoms with Gasteiger partial charge in [-0.2, -0.15) is 0 Å². The Kier molecular flexibility index (Phi) is 8.21. The molecule has 0 bridgehead atoms. The highest BCUT2D eigenvalue weighted by molar-refractivity contribution is 7.99. The zero-order chi connectivity index (χ0) is 29.1. The van der Waals surface area contributed by atoms with E-state index in [9.17, 15) is 14.4 Å². The van der Waals surface area contributed by atoms with Gasteiger partial charge in [0.25, 0.3) is 5.56 Å². The summed E-state index contributed by atoms with van der Waals surface area (Å²) in [6.07, 6.45) is 2.69. The summed E-state index contributed by atoms with van der Waals surface area (Å²) in [5, 5.41) is 4.59. The minimum Gasteiger partial charge on any atom is -0.465 e. The summed E-state index contributed by atoms with van der Waals surface area (Å²) < 4.78 is 6.70. The number of benzene rings is 3. The number of rotatable bonds is 8. The van der Waals surface area contributed by atoms with Crippen molar-refractivity contribution in [1.82, 2.24) is 9.55 Å². The monoisotopic (exact) mass is 595 g/mol. The Labute approximate surface area is 251 Å². The second-order valence-electron chi connectivity index (χ2n) is 10.1. The molecule has 1 unspecified atom stereocenters. The number of hydrogen-bond acceptors (Lipinski definition) is 7. The number of esters is 1. The van der Waals surface area contributed by atoms with E-state index < -0.39 is 5.97 Å². The molecule has 0 saturated carbocycles. The summed E-state index contributed by atoms with van der Waals surface area (Å²) in [6.45, 7) is 0.